The van der Waals surface area contributed by atoms with Crippen molar-refractivity contribution in [1.82, 2.24) is 5.32 Å². The smallest absolute Gasteiger partial charge is 0.227 e. The summed E-state index contributed by atoms with van der Waals surface area (Å²) in [5.74, 6) is 1.91. The van der Waals surface area contributed by atoms with Gasteiger partial charge in [-0.05, 0) is 38.0 Å². The molecule has 0 aromatic rings. The number of rotatable bonds is 4. The first kappa shape index (κ1) is 14.8. The zero-order valence-electron chi connectivity index (χ0n) is 12.6. The van der Waals surface area contributed by atoms with E-state index in [1.807, 2.05) is 6.92 Å². The lowest BCUT2D eigenvalue weighted by Crippen LogP contribution is -2.47. The highest BCUT2D eigenvalue weighted by molar-refractivity contribution is 5.83. The van der Waals surface area contributed by atoms with Crippen LogP contribution in [0.2, 0.25) is 0 Å². The second kappa shape index (κ2) is 6.25. The van der Waals surface area contributed by atoms with Crippen molar-refractivity contribution in [1.29, 1.82) is 0 Å². The highest BCUT2D eigenvalue weighted by Crippen LogP contribution is 2.37. The monoisotopic (exact) mass is 266 g/mol. The number of nitrogens with two attached hydrogens (primary N) is 1. The Balaban J connectivity index is 1.69. The molecule has 0 aliphatic heterocycles. The van der Waals surface area contributed by atoms with E-state index in [-0.39, 0.29) is 17.4 Å². The van der Waals surface area contributed by atoms with Gasteiger partial charge >= 0.3 is 0 Å². The maximum Gasteiger partial charge on any atom is 0.227 e. The standard InChI is InChI=1S/C16H30N2O/c1-12-5-7-13(8-6-12)9-11-18-15(19)16(2)10-3-4-14(16)17/h12-14H,3-11,17H2,1-2H3,(H,18,19). The molecular formula is C16H30N2O. The highest BCUT2D eigenvalue weighted by Gasteiger charge is 2.42. The molecule has 1 amide bonds. The topological polar surface area (TPSA) is 55.1 Å². The molecule has 2 rings (SSSR count). The Bertz CT molecular complexity index is 310. The molecule has 19 heavy (non-hydrogen) atoms. The van der Waals surface area contributed by atoms with Gasteiger partial charge in [0.25, 0.3) is 0 Å². The lowest BCUT2D eigenvalue weighted by Gasteiger charge is -2.29. The fourth-order valence-electron chi connectivity index (χ4n) is 3.68. The lowest BCUT2D eigenvalue weighted by molar-refractivity contribution is -0.130. The van der Waals surface area contributed by atoms with Crippen LogP contribution < -0.4 is 11.1 Å². The van der Waals surface area contributed by atoms with Crippen LogP contribution in [-0.4, -0.2) is 18.5 Å². The average Bonchev–Trinajstić information content (AvgIpc) is 2.73. The van der Waals surface area contributed by atoms with Crippen LogP contribution in [0.15, 0.2) is 0 Å². The van der Waals surface area contributed by atoms with Gasteiger partial charge in [-0.1, -0.05) is 39.0 Å². The van der Waals surface area contributed by atoms with Crippen LogP contribution in [0.25, 0.3) is 0 Å². The zero-order valence-corrected chi connectivity index (χ0v) is 12.6. The summed E-state index contributed by atoms with van der Waals surface area (Å²) in [4.78, 5) is 12.3. The van der Waals surface area contributed by atoms with E-state index in [1.54, 1.807) is 0 Å². The molecule has 0 saturated heterocycles. The van der Waals surface area contributed by atoms with Gasteiger partial charge in [-0.3, -0.25) is 4.79 Å². The molecule has 2 saturated carbocycles. The molecule has 0 aromatic heterocycles. The van der Waals surface area contributed by atoms with Crippen molar-refractivity contribution in [3.63, 3.8) is 0 Å². The van der Waals surface area contributed by atoms with Gasteiger partial charge in [0, 0.05) is 12.6 Å². The first-order valence-electron chi connectivity index (χ1n) is 8.06. The molecule has 0 radical (unpaired) electrons. The van der Waals surface area contributed by atoms with Gasteiger partial charge in [0.1, 0.15) is 0 Å². The lowest BCUT2D eigenvalue weighted by atomic mass is 9.81. The van der Waals surface area contributed by atoms with Crippen LogP contribution in [0.3, 0.4) is 0 Å². The van der Waals surface area contributed by atoms with E-state index in [0.29, 0.717) is 0 Å². The average molecular weight is 266 g/mol. The Kier molecular flexibility index (Phi) is 4.88. The maximum absolute atomic E-state index is 12.3. The van der Waals surface area contributed by atoms with E-state index in [9.17, 15) is 4.79 Å². The van der Waals surface area contributed by atoms with Crippen LogP contribution >= 0.6 is 0 Å². The molecule has 2 atom stereocenters. The third-order valence-corrected chi connectivity index (χ3v) is 5.52. The number of carbonyl (C=O) groups is 1. The Morgan fingerprint density at radius 1 is 1.26 bits per heavy atom. The summed E-state index contributed by atoms with van der Waals surface area (Å²) in [5, 5.41) is 3.14. The minimum absolute atomic E-state index is 0.0445. The largest absolute Gasteiger partial charge is 0.356 e. The predicted molar refractivity (Wildman–Crippen MR) is 78.7 cm³/mol. The Morgan fingerprint density at radius 3 is 2.53 bits per heavy atom. The third-order valence-electron chi connectivity index (χ3n) is 5.52. The summed E-state index contributed by atoms with van der Waals surface area (Å²) in [6.07, 6.45) is 9.57. The summed E-state index contributed by atoms with van der Waals surface area (Å²) in [6.45, 7) is 5.21. The van der Waals surface area contributed by atoms with Crippen molar-refractivity contribution >= 4 is 5.91 Å². The molecule has 0 heterocycles. The van der Waals surface area contributed by atoms with E-state index in [0.717, 1.165) is 44.1 Å². The van der Waals surface area contributed by atoms with Crippen molar-refractivity contribution in [3.05, 3.63) is 0 Å². The molecule has 0 spiro atoms. The summed E-state index contributed by atoms with van der Waals surface area (Å²) in [7, 11) is 0. The fraction of sp³-hybridized carbons (Fsp3) is 0.938. The van der Waals surface area contributed by atoms with E-state index < -0.39 is 0 Å². The third kappa shape index (κ3) is 3.50. The number of nitrogens with one attached hydrogen (secondary N) is 1. The number of amides is 1. The highest BCUT2D eigenvalue weighted by atomic mass is 16.2. The Morgan fingerprint density at radius 2 is 1.95 bits per heavy atom. The first-order chi connectivity index (χ1) is 9.02. The maximum atomic E-state index is 12.3. The summed E-state index contributed by atoms with van der Waals surface area (Å²) in [5.41, 5.74) is 5.76. The van der Waals surface area contributed by atoms with Crippen LogP contribution in [0.4, 0.5) is 0 Å². The fourth-order valence-corrected chi connectivity index (χ4v) is 3.68. The summed E-state index contributed by atoms with van der Waals surface area (Å²) >= 11 is 0. The molecule has 2 aliphatic rings. The van der Waals surface area contributed by atoms with Crippen molar-refractivity contribution in [2.45, 2.75) is 71.3 Å². The predicted octanol–water partition coefficient (Wildman–Crippen LogP) is 2.84. The molecule has 2 fully saturated rings. The second-order valence-electron chi connectivity index (χ2n) is 7.09. The molecular weight excluding hydrogens is 236 g/mol. The minimum atomic E-state index is -0.318. The first-order valence-corrected chi connectivity index (χ1v) is 8.06. The van der Waals surface area contributed by atoms with Crippen LogP contribution in [0, 0.1) is 17.3 Å². The van der Waals surface area contributed by atoms with E-state index in [2.05, 4.69) is 12.2 Å². The van der Waals surface area contributed by atoms with E-state index in [4.69, 9.17) is 5.73 Å². The van der Waals surface area contributed by atoms with Gasteiger partial charge < -0.3 is 11.1 Å². The minimum Gasteiger partial charge on any atom is -0.356 e. The molecule has 0 aromatic carbocycles. The number of carbonyl (C=O) groups excluding carboxylic acids is 1. The van der Waals surface area contributed by atoms with E-state index in [1.165, 1.54) is 25.7 Å². The van der Waals surface area contributed by atoms with Crippen molar-refractivity contribution in [2.75, 3.05) is 6.54 Å². The zero-order chi connectivity index (χ0) is 13.9. The quantitative estimate of drug-likeness (QED) is 0.822. The number of hydrogen-bond acceptors (Lipinski definition) is 2. The molecule has 3 N–H and O–H groups in total. The SMILES string of the molecule is CC1CCC(CCNC(=O)C2(C)CCCC2N)CC1. The molecule has 3 heteroatoms. The number of hydrogen-bond donors (Lipinski definition) is 2. The molecule has 2 aliphatic carbocycles. The van der Waals surface area contributed by atoms with E-state index >= 15 is 0 Å². The van der Waals surface area contributed by atoms with Crippen molar-refractivity contribution in [3.8, 4) is 0 Å². The van der Waals surface area contributed by atoms with Crippen LogP contribution in [0.1, 0.15) is 65.2 Å². The van der Waals surface area contributed by atoms with Crippen LogP contribution in [0.5, 0.6) is 0 Å². The summed E-state index contributed by atoms with van der Waals surface area (Å²) in [6, 6.07) is 0.0445. The van der Waals surface area contributed by atoms with Crippen molar-refractivity contribution < 1.29 is 4.79 Å². The van der Waals surface area contributed by atoms with Gasteiger partial charge in [0.05, 0.1) is 5.41 Å². The molecule has 110 valence electrons. The van der Waals surface area contributed by atoms with Gasteiger partial charge in [0.15, 0.2) is 0 Å². The van der Waals surface area contributed by atoms with Crippen molar-refractivity contribution in [2.24, 2.45) is 23.0 Å². The van der Waals surface area contributed by atoms with Gasteiger partial charge in [0.2, 0.25) is 5.91 Å². The normalized spacial score (nSPS) is 39.2. The van der Waals surface area contributed by atoms with Gasteiger partial charge in [-0.2, -0.15) is 0 Å². The van der Waals surface area contributed by atoms with Gasteiger partial charge in [-0.25, -0.2) is 0 Å². The summed E-state index contributed by atoms with van der Waals surface area (Å²) < 4.78 is 0. The Hall–Kier alpha value is -0.570. The molecule has 3 nitrogen and oxygen atoms in total. The second-order valence-corrected chi connectivity index (χ2v) is 7.09. The van der Waals surface area contributed by atoms with Gasteiger partial charge in [-0.15, -0.1) is 0 Å². The Labute approximate surface area is 117 Å². The molecule has 2 unspecified atom stereocenters. The van der Waals surface area contributed by atoms with Crippen LogP contribution in [-0.2, 0) is 4.79 Å². The molecule has 0 bridgehead atoms.